The molecule has 0 bridgehead atoms. The van der Waals surface area contributed by atoms with Gasteiger partial charge < -0.3 is 10.6 Å². The molecule has 2 heterocycles. The quantitative estimate of drug-likeness (QED) is 0.889. The van der Waals surface area contributed by atoms with E-state index in [0.29, 0.717) is 11.4 Å². The Bertz CT molecular complexity index is 722. The predicted octanol–water partition coefficient (Wildman–Crippen LogP) is 2.48. The lowest BCUT2D eigenvalue weighted by Crippen LogP contribution is -2.37. The minimum Gasteiger partial charge on any atom is -0.355 e. The normalized spacial score (nSPS) is 10.7. The molecule has 118 valence electrons. The average molecular weight is 319 g/mol. The summed E-state index contributed by atoms with van der Waals surface area (Å²) in [5.74, 6) is -0.386. The lowest BCUT2D eigenvalue weighted by atomic mass is 10.1. The highest BCUT2D eigenvalue weighted by atomic mass is 32.1. The van der Waals surface area contributed by atoms with Gasteiger partial charge in [0.1, 0.15) is 4.83 Å². The predicted molar refractivity (Wildman–Crippen MR) is 89.5 cm³/mol. The first-order chi connectivity index (χ1) is 10.4. The lowest BCUT2D eigenvalue weighted by Gasteiger charge is -2.05. The molecule has 0 atom stereocenters. The van der Waals surface area contributed by atoms with Crippen molar-refractivity contribution in [3.8, 4) is 0 Å². The molecule has 0 radical (unpaired) electrons. The first-order valence-electron chi connectivity index (χ1n) is 7.36. The smallest absolute Gasteiger partial charge is 0.262 e. The molecule has 0 aliphatic heterocycles. The van der Waals surface area contributed by atoms with Crippen molar-refractivity contribution in [2.75, 3.05) is 13.1 Å². The first kappa shape index (κ1) is 16.4. The summed E-state index contributed by atoms with van der Waals surface area (Å²) >= 11 is 1.37. The van der Waals surface area contributed by atoms with Gasteiger partial charge in [0.25, 0.3) is 5.91 Å². The number of hydrogen-bond acceptors (Lipinski definition) is 4. The molecule has 2 amide bonds. The van der Waals surface area contributed by atoms with Crippen LogP contribution in [0.15, 0.2) is 6.07 Å². The van der Waals surface area contributed by atoms with Gasteiger partial charge in [0, 0.05) is 17.6 Å². The highest BCUT2D eigenvalue weighted by Crippen LogP contribution is 2.32. The maximum atomic E-state index is 12.3. The number of rotatable bonds is 5. The summed E-state index contributed by atoms with van der Waals surface area (Å²) in [6, 6.07) is 2.02. The van der Waals surface area contributed by atoms with Crippen molar-refractivity contribution in [3.05, 3.63) is 27.8 Å². The molecule has 0 spiro atoms. The van der Waals surface area contributed by atoms with Crippen molar-refractivity contribution in [1.29, 1.82) is 0 Å². The van der Waals surface area contributed by atoms with Gasteiger partial charge in [-0.3, -0.25) is 9.59 Å². The molecular weight excluding hydrogens is 298 g/mol. The van der Waals surface area contributed by atoms with Gasteiger partial charge in [0.15, 0.2) is 0 Å². The van der Waals surface area contributed by atoms with E-state index in [1.165, 1.54) is 11.3 Å². The minimum absolute atomic E-state index is 0.00203. The van der Waals surface area contributed by atoms with Gasteiger partial charge in [-0.1, -0.05) is 6.92 Å². The van der Waals surface area contributed by atoms with E-state index in [2.05, 4.69) is 15.6 Å². The fraction of sp³-hybridized carbons (Fsp3) is 0.438. The first-order valence-corrected chi connectivity index (χ1v) is 8.18. The van der Waals surface area contributed by atoms with E-state index >= 15 is 0 Å². The summed E-state index contributed by atoms with van der Waals surface area (Å²) in [4.78, 5) is 29.9. The largest absolute Gasteiger partial charge is 0.355 e. The summed E-state index contributed by atoms with van der Waals surface area (Å²) in [6.07, 6.45) is 0.874. The molecule has 0 aliphatic rings. The Balaban J connectivity index is 2.17. The number of thiophene rings is 1. The van der Waals surface area contributed by atoms with Crippen molar-refractivity contribution < 1.29 is 9.59 Å². The zero-order chi connectivity index (χ0) is 16.3. The second-order valence-corrected chi connectivity index (χ2v) is 6.35. The summed E-state index contributed by atoms with van der Waals surface area (Å²) in [7, 11) is 0. The molecule has 2 aromatic heterocycles. The maximum absolute atomic E-state index is 12.3. The van der Waals surface area contributed by atoms with Crippen LogP contribution < -0.4 is 10.6 Å². The Morgan fingerprint density at radius 1 is 1.23 bits per heavy atom. The molecule has 5 nitrogen and oxygen atoms in total. The number of aryl methyl sites for hydroxylation is 3. The Labute approximate surface area is 134 Å². The Morgan fingerprint density at radius 2 is 1.95 bits per heavy atom. The highest BCUT2D eigenvalue weighted by Gasteiger charge is 2.18. The molecule has 2 rings (SSSR count). The van der Waals surface area contributed by atoms with Crippen molar-refractivity contribution in [2.45, 2.75) is 34.1 Å². The van der Waals surface area contributed by atoms with Crippen LogP contribution in [0, 0.1) is 20.8 Å². The van der Waals surface area contributed by atoms with Gasteiger partial charge in [-0.15, -0.1) is 11.3 Å². The highest BCUT2D eigenvalue weighted by molar-refractivity contribution is 7.20. The van der Waals surface area contributed by atoms with Gasteiger partial charge in [-0.25, -0.2) is 4.98 Å². The standard InChI is InChI=1S/C16H21N3O2S/c1-5-6-17-12(20)8-18-15(21)14-11(4)13-9(2)7-10(3)19-16(13)22-14/h7H,5-6,8H2,1-4H3,(H,17,20)(H,18,21). The van der Waals surface area contributed by atoms with Crippen LogP contribution in [-0.2, 0) is 4.79 Å². The van der Waals surface area contributed by atoms with E-state index in [1.807, 2.05) is 33.8 Å². The maximum Gasteiger partial charge on any atom is 0.262 e. The molecule has 2 aromatic rings. The lowest BCUT2D eigenvalue weighted by molar-refractivity contribution is -0.120. The third-order valence-electron chi connectivity index (χ3n) is 3.41. The average Bonchev–Trinajstić information content (AvgIpc) is 2.79. The Kier molecular flexibility index (Phi) is 5.13. The minimum atomic E-state index is -0.218. The van der Waals surface area contributed by atoms with E-state index in [0.717, 1.165) is 33.5 Å². The van der Waals surface area contributed by atoms with Crippen molar-refractivity contribution >= 4 is 33.4 Å². The number of nitrogens with zero attached hydrogens (tertiary/aromatic N) is 1. The van der Waals surface area contributed by atoms with E-state index in [9.17, 15) is 9.59 Å². The van der Waals surface area contributed by atoms with Gasteiger partial charge in [-0.05, 0) is 44.4 Å². The van der Waals surface area contributed by atoms with Gasteiger partial charge >= 0.3 is 0 Å². The summed E-state index contributed by atoms with van der Waals surface area (Å²) < 4.78 is 0. The molecule has 6 heteroatoms. The van der Waals surface area contributed by atoms with E-state index in [-0.39, 0.29) is 18.4 Å². The van der Waals surface area contributed by atoms with Crippen LogP contribution in [0.4, 0.5) is 0 Å². The number of amides is 2. The molecule has 0 saturated heterocycles. The molecule has 22 heavy (non-hydrogen) atoms. The molecule has 0 aliphatic carbocycles. The van der Waals surface area contributed by atoms with Crippen LogP contribution in [0.5, 0.6) is 0 Å². The zero-order valence-corrected chi connectivity index (χ0v) is 14.2. The van der Waals surface area contributed by atoms with Crippen molar-refractivity contribution in [1.82, 2.24) is 15.6 Å². The molecular formula is C16H21N3O2S. The fourth-order valence-corrected chi connectivity index (χ4v) is 3.62. The van der Waals surface area contributed by atoms with Gasteiger partial charge in [0.2, 0.25) is 5.91 Å². The number of hydrogen-bond donors (Lipinski definition) is 2. The molecule has 0 unspecified atom stereocenters. The number of aromatic nitrogens is 1. The Morgan fingerprint density at radius 3 is 2.64 bits per heavy atom. The van der Waals surface area contributed by atoms with Crippen LogP contribution in [0.3, 0.4) is 0 Å². The number of pyridine rings is 1. The van der Waals surface area contributed by atoms with Crippen molar-refractivity contribution in [3.63, 3.8) is 0 Å². The number of nitrogens with one attached hydrogen (secondary N) is 2. The SMILES string of the molecule is CCCNC(=O)CNC(=O)c1sc2nc(C)cc(C)c2c1C. The zero-order valence-electron chi connectivity index (χ0n) is 13.4. The number of carbonyl (C=O) groups excluding carboxylic acids is 2. The van der Waals surface area contributed by atoms with Crippen LogP contribution in [-0.4, -0.2) is 29.9 Å². The van der Waals surface area contributed by atoms with Crippen LogP contribution >= 0.6 is 11.3 Å². The topological polar surface area (TPSA) is 71.1 Å². The van der Waals surface area contributed by atoms with Crippen LogP contribution in [0.1, 0.15) is 39.8 Å². The third-order valence-corrected chi connectivity index (χ3v) is 4.60. The third kappa shape index (κ3) is 3.44. The fourth-order valence-electron chi connectivity index (χ4n) is 2.40. The monoisotopic (exact) mass is 319 g/mol. The van der Waals surface area contributed by atoms with Gasteiger partial charge in [0.05, 0.1) is 11.4 Å². The molecule has 2 N–H and O–H groups in total. The number of fused-ring (bicyclic) bond motifs is 1. The summed E-state index contributed by atoms with van der Waals surface area (Å²) in [5, 5.41) is 6.45. The molecule has 0 saturated carbocycles. The summed E-state index contributed by atoms with van der Waals surface area (Å²) in [5.41, 5.74) is 2.99. The second kappa shape index (κ2) is 6.87. The van der Waals surface area contributed by atoms with E-state index in [1.54, 1.807) is 0 Å². The van der Waals surface area contributed by atoms with Crippen LogP contribution in [0.25, 0.3) is 10.2 Å². The van der Waals surface area contributed by atoms with Crippen molar-refractivity contribution in [2.24, 2.45) is 0 Å². The molecule has 0 fully saturated rings. The number of carbonyl (C=O) groups is 2. The Hall–Kier alpha value is -1.95. The van der Waals surface area contributed by atoms with Crippen LogP contribution in [0.2, 0.25) is 0 Å². The summed E-state index contributed by atoms with van der Waals surface area (Å²) in [6.45, 7) is 8.50. The van der Waals surface area contributed by atoms with E-state index < -0.39 is 0 Å². The van der Waals surface area contributed by atoms with E-state index in [4.69, 9.17) is 0 Å². The second-order valence-electron chi connectivity index (χ2n) is 5.35. The molecule has 0 aromatic carbocycles. The van der Waals surface area contributed by atoms with Gasteiger partial charge in [-0.2, -0.15) is 0 Å².